The van der Waals surface area contributed by atoms with Crippen molar-refractivity contribution in [2.24, 2.45) is 0 Å². The maximum Gasteiger partial charge on any atom is 0.123 e. The van der Waals surface area contributed by atoms with Crippen LogP contribution < -0.4 is 5.32 Å². The molecule has 0 spiro atoms. The van der Waals surface area contributed by atoms with Crippen molar-refractivity contribution in [1.29, 1.82) is 0 Å². The molecule has 0 aromatic carbocycles. The molecule has 13 heavy (non-hydrogen) atoms. The first-order valence-electron chi connectivity index (χ1n) is 4.98. The first-order valence-corrected chi connectivity index (χ1v) is 4.98. The van der Waals surface area contributed by atoms with Gasteiger partial charge in [0.25, 0.3) is 0 Å². The molecule has 1 aliphatic rings. The summed E-state index contributed by atoms with van der Waals surface area (Å²) in [6.07, 6.45) is 5.65. The highest BCUT2D eigenvalue weighted by molar-refractivity contribution is 5.23. The molecule has 0 aromatic rings. The highest BCUT2D eigenvalue weighted by Crippen LogP contribution is 2.15. The van der Waals surface area contributed by atoms with E-state index >= 15 is 0 Å². The number of hydrogen-bond donors (Lipinski definition) is 1. The van der Waals surface area contributed by atoms with Crippen LogP contribution in [0.5, 0.6) is 0 Å². The Morgan fingerprint density at radius 3 is 2.62 bits per heavy atom. The van der Waals surface area contributed by atoms with Gasteiger partial charge >= 0.3 is 0 Å². The Kier molecular flexibility index (Phi) is 4.03. The van der Waals surface area contributed by atoms with Gasteiger partial charge in [0, 0.05) is 13.1 Å². The summed E-state index contributed by atoms with van der Waals surface area (Å²) in [6, 6.07) is 0. The van der Waals surface area contributed by atoms with Crippen LogP contribution >= 0.6 is 0 Å². The van der Waals surface area contributed by atoms with Gasteiger partial charge in [0.05, 0.1) is 0 Å². The molecule has 1 fully saturated rings. The van der Waals surface area contributed by atoms with E-state index < -0.39 is 0 Å². The zero-order valence-electron chi connectivity index (χ0n) is 8.76. The zero-order chi connectivity index (χ0) is 9.68. The fourth-order valence-corrected chi connectivity index (χ4v) is 1.15. The largest absolute Gasteiger partial charge is 0.488 e. The molecule has 0 radical (unpaired) electrons. The first-order chi connectivity index (χ1) is 6.27. The number of allylic oxidation sites excluding steroid dienone is 3. The molecular formula is C11H19NO. The van der Waals surface area contributed by atoms with Crippen LogP contribution in [0.3, 0.4) is 0 Å². The monoisotopic (exact) mass is 181 g/mol. The van der Waals surface area contributed by atoms with Gasteiger partial charge in [-0.1, -0.05) is 13.0 Å². The van der Waals surface area contributed by atoms with Crippen LogP contribution in [0.15, 0.2) is 23.5 Å². The SMILES string of the molecule is C/C=C(C)\C(=C/CC)OC1CNC1. The van der Waals surface area contributed by atoms with E-state index in [4.69, 9.17) is 4.74 Å². The minimum atomic E-state index is 0.382. The minimum Gasteiger partial charge on any atom is -0.488 e. The molecule has 1 heterocycles. The first kappa shape index (κ1) is 10.3. The van der Waals surface area contributed by atoms with E-state index in [-0.39, 0.29) is 0 Å². The Hall–Kier alpha value is -0.760. The van der Waals surface area contributed by atoms with Crippen LogP contribution in [0, 0.1) is 0 Å². The third kappa shape index (κ3) is 2.88. The summed E-state index contributed by atoms with van der Waals surface area (Å²) in [7, 11) is 0. The van der Waals surface area contributed by atoms with Crippen LogP contribution in [-0.2, 0) is 4.74 Å². The van der Waals surface area contributed by atoms with Crippen molar-refractivity contribution in [2.45, 2.75) is 33.3 Å². The predicted octanol–water partition coefficient (Wildman–Crippen LogP) is 2.23. The van der Waals surface area contributed by atoms with Crippen LogP contribution in [0.1, 0.15) is 27.2 Å². The smallest absolute Gasteiger partial charge is 0.123 e. The standard InChI is InChI=1S/C11H19NO/c1-4-6-11(9(3)5-2)13-10-7-12-8-10/h5-6,10,12H,4,7-8H2,1-3H3/b9-5-,11-6+. The molecule has 0 aliphatic carbocycles. The molecular weight excluding hydrogens is 162 g/mol. The quantitative estimate of drug-likeness (QED) is 0.530. The van der Waals surface area contributed by atoms with Crippen molar-refractivity contribution < 1.29 is 4.74 Å². The van der Waals surface area contributed by atoms with E-state index in [9.17, 15) is 0 Å². The second-order valence-corrected chi connectivity index (χ2v) is 3.35. The van der Waals surface area contributed by atoms with E-state index in [0.717, 1.165) is 25.3 Å². The molecule has 0 amide bonds. The number of hydrogen-bond acceptors (Lipinski definition) is 2. The molecule has 0 bridgehead atoms. The Morgan fingerprint density at radius 1 is 1.54 bits per heavy atom. The number of nitrogens with one attached hydrogen (secondary N) is 1. The molecule has 1 saturated heterocycles. The fourth-order valence-electron chi connectivity index (χ4n) is 1.15. The predicted molar refractivity (Wildman–Crippen MR) is 55.5 cm³/mol. The molecule has 74 valence electrons. The molecule has 2 heteroatoms. The van der Waals surface area contributed by atoms with Gasteiger partial charge in [0.2, 0.25) is 0 Å². The molecule has 2 nitrogen and oxygen atoms in total. The van der Waals surface area contributed by atoms with Gasteiger partial charge in [-0.3, -0.25) is 0 Å². The second-order valence-electron chi connectivity index (χ2n) is 3.35. The summed E-state index contributed by atoms with van der Waals surface area (Å²) >= 11 is 0. The van der Waals surface area contributed by atoms with E-state index in [1.807, 2.05) is 6.92 Å². The lowest BCUT2D eigenvalue weighted by molar-refractivity contribution is 0.0755. The summed E-state index contributed by atoms with van der Waals surface area (Å²) in [5.74, 6) is 1.05. The van der Waals surface area contributed by atoms with Crippen molar-refractivity contribution in [3.8, 4) is 0 Å². The van der Waals surface area contributed by atoms with Crippen molar-refractivity contribution in [1.82, 2.24) is 5.32 Å². The fraction of sp³-hybridized carbons (Fsp3) is 0.636. The maximum absolute atomic E-state index is 5.81. The van der Waals surface area contributed by atoms with E-state index in [1.54, 1.807) is 0 Å². The molecule has 1 N–H and O–H groups in total. The van der Waals surface area contributed by atoms with Crippen LogP contribution in [0.2, 0.25) is 0 Å². The topological polar surface area (TPSA) is 21.3 Å². The van der Waals surface area contributed by atoms with Gasteiger partial charge < -0.3 is 10.1 Å². The number of ether oxygens (including phenoxy) is 1. The molecule has 1 aliphatic heterocycles. The van der Waals surface area contributed by atoms with Gasteiger partial charge in [-0.05, 0) is 31.9 Å². The maximum atomic E-state index is 5.81. The Bertz CT molecular complexity index is 214. The van der Waals surface area contributed by atoms with Gasteiger partial charge in [-0.25, -0.2) is 0 Å². The summed E-state index contributed by atoms with van der Waals surface area (Å²) in [5, 5.41) is 3.19. The summed E-state index contributed by atoms with van der Waals surface area (Å²) in [5.41, 5.74) is 1.23. The molecule has 0 aromatic heterocycles. The lowest BCUT2D eigenvalue weighted by Gasteiger charge is -2.29. The van der Waals surface area contributed by atoms with Gasteiger partial charge in [0.1, 0.15) is 11.9 Å². The number of rotatable bonds is 4. The van der Waals surface area contributed by atoms with E-state index in [2.05, 4.69) is 31.3 Å². The van der Waals surface area contributed by atoms with Crippen LogP contribution in [0.25, 0.3) is 0 Å². The third-order valence-corrected chi connectivity index (χ3v) is 2.25. The minimum absolute atomic E-state index is 0.382. The zero-order valence-corrected chi connectivity index (χ0v) is 8.76. The van der Waals surface area contributed by atoms with Gasteiger partial charge in [-0.15, -0.1) is 0 Å². The Morgan fingerprint density at radius 2 is 2.23 bits per heavy atom. The van der Waals surface area contributed by atoms with Crippen molar-refractivity contribution in [3.05, 3.63) is 23.5 Å². The molecule has 0 saturated carbocycles. The van der Waals surface area contributed by atoms with E-state index in [0.29, 0.717) is 6.10 Å². The van der Waals surface area contributed by atoms with Gasteiger partial charge in [0.15, 0.2) is 0 Å². The van der Waals surface area contributed by atoms with Crippen molar-refractivity contribution in [2.75, 3.05) is 13.1 Å². The van der Waals surface area contributed by atoms with Gasteiger partial charge in [-0.2, -0.15) is 0 Å². The van der Waals surface area contributed by atoms with Crippen LogP contribution in [0.4, 0.5) is 0 Å². The molecule has 0 unspecified atom stereocenters. The average Bonchev–Trinajstić information content (AvgIpc) is 2.07. The van der Waals surface area contributed by atoms with Crippen molar-refractivity contribution >= 4 is 0 Å². The van der Waals surface area contributed by atoms with Crippen LogP contribution in [-0.4, -0.2) is 19.2 Å². The molecule has 0 atom stereocenters. The molecule has 1 rings (SSSR count). The lowest BCUT2D eigenvalue weighted by atomic mass is 10.2. The average molecular weight is 181 g/mol. The summed E-state index contributed by atoms with van der Waals surface area (Å²) in [6.45, 7) is 8.23. The van der Waals surface area contributed by atoms with E-state index in [1.165, 1.54) is 5.57 Å². The highest BCUT2D eigenvalue weighted by atomic mass is 16.5. The Balaban J connectivity index is 2.51. The third-order valence-electron chi connectivity index (χ3n) is 2.25. The normalized spacial score (nSPS) is 19.9. The second kappa shape index (κ2) is 5.07. The summed E-state index contributed by atoms with van der Waals surface area (Å²) in [4.78, 5) is 0. The Labute approximate surface area is 80.7 Å². The highest BCUT2D eigenvalue weighted by Gasteiger charge is 2.19. The lowest BCUT2D eigenvalue weighted by Crippen LogP contribution is -2.48. The van der Waals surface area contributed by atoms with Crippen molar-refractivity contribution in [3.63, 3.8) is 0 Å². The summed E-state index contributed by atoms with van der Waals surface area (Å²) < 4.78 is 5.81.